The molecule has 0 aliphatic heterocycles. The number of aromatic carboxylic acids is 1. The molecule has 0 aromatic heterocycles. The Balaban J connectivity index is 2.31. The highest BCUT2D eigenvalue weighted by Crippen LogP contribution is 2.16. The van der Waals surface area contributed by atoms with Gasteiger partial charge in [0.15, 0.2) is 0 Å². The molecule has 0 spiro atoms. The van der Waals surface area contributed by atoms with Crippen LogP contribution in [-0.2, 0) is 4.74 Å². The van der Waals surface area contributed by atoms with Gasteiger partial charge in [-0.05, 0) is 57.9 Å². The summed E-state index contributed by atoms with van der Waals surface area (Å²) in [6.07, 6.45) is 0.314. The number of benzene rings is 1. The highest BCUT2D eigenvalue weighted by atomic mass is 16.6. The summed E-state index contributed by atoms with van der Waals surface area (Å²) in [5.41, 5.74) is 1.54. The van der Waals surface area contributed by atoms with Gasteiger partial charge in [0.05, 0.1) is 5.56 Å². The van der Waals surface area contributed by atoms with Crippen LogP contribution >= 0.6 is 0 Å². The normalized spacial score (nSPS) is 10.9. The minimum absolute atomic E-state index is 0.273. The highest BCUT2D eigenvalue weighted by molar-refractivity contribution is 5.88. The molecule has 122 valence electrons. The second-order valence-electron chi connectivity index (χ2n) is 6.04. The van der Waals surface area contributed by atoms with Gasteiger partial charge in [0.2, 0.25) is 0 Å². The largest absolute Gasteiger partial charge is 0.478 e. The van der Waals surface area contributed by atoms with Gasteiger partial charge in [-0.3, -0.25) is 0 Å². The number of hydrogen-bond donors (Lipinski definition) is 3. The first kappa shape index (κ1) is 17.8. The number of carbonyl (C=O) groups is 2. The summed E-state index contributed by atoms with van der Waals surface area (Å²) in [6, 6.07) is 4.94. The number of ether oxygens (including phenoxy) is 1. The van der Waals surface area contributed by atoms with Crippen molar-refractivity contribution in [2.45, 2.75) is 39.7 Å². The molecule has 0 unspecified atom stereocenters. The fraction of sp³-hybridized carbons (Fsp3) is 0.500. The van der Waals surface area contributed by atoms with E-state index < -0.39 is 17.7 Å². The van der Waals surface area contributed by atoms with Crippen molar-refractivity contribution in [1.82, 2.24) is 5.32 Å². The molecule has 1 aromatic carbocycles. The van der Waals surface area contributed by atoms with E-state index in [-0.39, 0.29) is 5.56 Å². The second-order valence-corrected chi connectivity index (χ2v) is 6.04. The third-order valence-corrected chi connectivity index (χ3v) is 2.81. The number of rotatable bonds is 6. The van der Waals surface area contributed by atoms with Gasteiger partial charge >= 0.3 is 12.1 Å². The average Bonchev–Trinajstić information content (AvgIpc) is 2.37. The van der Waals surface area contributed by atoms with E-state index >= 15 is 0 Å². The smallest absolute Gasteiger partial charge is 0.407 e. The van der Waals surface area contributed by atoms with Crippen LogP contribution in [0.5, 0.6) is 0 Å². The van der Waals surface area contributed by atoms with Gasteiger partial charge < -0.3 is 20.5 Å². The van der Waals surface area contributed by atoms with E-state index in [0.29, 0.717) is 13.1 Å². The predicted octanol–water partition coefficient (Wildman–Crippen LogP) is 3.02. The van der Waals surface area contributed by atoms with Crippen LogP contribution in [0.15, 0.2) is 18.2 Å². The van der Waals surface area contributed by atoms with E-state index in [0.717, 1.165) is 17.7 Å². The van der Waals surface area contributed by atoms with Crippen molar-refractivity contribution >= 4 is 17.7 Å². The van der Waals surface area contributed by atoms with Gasteiger partial charge in [-0.2, -0.15) is 0 Å². The van der Waals surface area contributed by atoms with Crippen molar-refractivity contribution in [2.24, 2.45) is 0 Å². The van der Waals surface area contributed by atoms with E-state index in [4.69, 9.17) is 9.84 Å². The minimum Gasteiger partial charge on any atom is -0.478 e. The molecule has 0 bridgehead atoms. The third-order valence-electron chi connectivity index (χ3n) is 2.81. The Bertz CT molecular complexity index is 535. The number of alkyl carbamates (subject to hydrolysis) is 1. The zero-order valence-corrected chi connectivity index (χ0v) is 13.5. The highest BCUT2D eigenvalue weighted by Gasteiger charge is 2.15. The molecule has 6 heteroatoms. The van der Waals surface area contributed by atoms with Crippen molar-refractivity contribution in [3.05, 3.63) is 29.3 Å². The Morgan fingerprint density at radius 1 is 1.23 bits per heavy atom. The second kappa shape index (κ2) is 7.68. The zero-order valence-electron chi connectivity index (χ0n) is 13.5. The van der Waals surface area contributed by atoms with Crippen molar-refractivity contribution in [2.75, 3.05) is 18.4 Å². The van der Waals surface area contributed by atoms with Crippen LogP contribution in [0.25, 0.3) is 0 Å². The lowest BCUT2D eigenvalue weighted by atomic mass is 10.1. The van der Waals surface area contributed by atoms with Crippen LogP contribution in [0.1, 0.15) is 43.1 Å². The van der Waals surface area contributed by atoms with Gasteiger partial charge in [-0.1, -0.05) is 0 Å². The molecule has 0 saturated carbocycles. The number of anilines is 1. The maximum absolute atomic E-state index is 11.4. The van der Waals surface area contributed by atoms with E-state index in [1.54, 1.807) is 18.2 Å². The molecular formula is C16H24N2O4. The summed E-state index contributed by atoms with van der Waals surface area (Å²) in [4.78, 5) is 22.3. The molecule has 0 fully saturated rings. The quantitative estimate of drug-likeness (QED) is 0.703. The van der Waals surface area contributed by atoms with E-state index in [2.05, 4.69) is 10.6 Å². The van der Waals surface area contributed by atoms with Crippen molar-refractivity contribution < 1.29 is 19.4 Å². The van der Waals surface area contributed by atoms with Crippen LogP contribution in [0, 0.1) is 6.92 Å². The van der Waals surface area contributed by atoms with E-state index in [9.17, 15) is 9.59 Å². The number of carbonyl (C=O) groups excluding carboxylic acids is 1. The zero-order chi connectivity index (χ0) is 16.8. The molecule has 1 aromatic rings. The summed E-state index contributed by atoms with van der Waals surface area (Å²) in [6.45, 7) is 8.48. The first-order valence-electron chi connectivity index (χ1n) is 7.24. The fourth-order valence-corrected chi connectivity index (χ4v) is 1.81. The summed E-state index contributed by atoms with van der Waals surface area (Å²) >= 11 is 0. The molecule has 0 heterocycles. The molecule has 0 aliphatic rings. The molecule has 1 amide bonds. The Hall–Kier alpha value is -2.24. The van der Waals surface area contributed by atoms with Gasteiger partial charge in [0.25, 0.3) is 0 Å². The Morgan fingerprint density at radius 2 is 1.91 bits per heavy atom. The Kier molecular flexibility index (Phi) is 6.22. The SMILES string of the molecule is Cc1cc(C(=O)O)ccc1NCCCNC(=O)OC(C)(C)C. The third kappa shape index (κ3) is 6.47. The lowest BCUT2D eigenvalue weighted by Gasteiger charge is -2.19. The van der Waals surface area contributed by atoms with E-state index in [1.165, 1.54) is 0 Å². The van der Waals surface area contributed by atoms with Crippen molar-refractivity contribution in [3.8, 4) is 0 Å². The first-order valence-corrected chi connectivity index (χ1v) is 7.24. The summed E-state index contributed by atoms with van der Waals surface area (Å²) in [5, 5.41) is 14.8. The number of carboxylic acids is 1. The Morgan fingerprint density at radius 3 is 2.45 bits per heavy atom. The topological polar surface area (TPSA) is 87.7 Å². The van der Waals surface area contributed by atoms with Gasteiger partial charge in [-0.25, -0.2) is 9.59 Å². The molecule has 0 aliphatic carbocycles. The van der Waals surface area contributed by atoms with Crippen molar-refractivity contribution in [3.63, 3.8) is 0 Å². The lowest BCUT2D eigenvalue weighted by Crippen LogP contribution is -2.33. The lowest BCUT2D eigenvalue weighted by molar-refractivity contribution is 0.0527. The molecule has 0 saturated heterocycles. The standard InChI is InChI=1S/C16H24N2O4/c1-11-10-12(14(19)20)6-7-13(11)17-8-5-9-18-15(21)22-16(2,3)4/h6-7,10,17H,5,8-9H2,1-4H3,(H,18,21)(H,19,20). The number of carboxylic acid groups (broad SMARTS) is 1. The Labute approximate surface area is 130 Å². The molecule has 1 rings (SSSR count). The average molecular weight is 308 g/mol. The number of aryl methyl sites for hydroxylation is 1. The molecule has 3 N–H and O–H groups in total. The molecular weight excluding hydrogens is 284 g/mol. The summed E-state index contributed by atoms with van der Waals surface area (Å²) < 4.78 is 5.13. The number of hydrogen-bond acceptors (Lipinski definition) is 4. The van der Waals surface area contributed by atoms with Gasteiger partial charge in [-0.15, -0.1) is 0 Å². The summed E-state index contributed by atoms with van der Waals surface area (Å²) in [7, 11) is 0. The molecule has 0 radical (unpaired) electrons. The number of nitrogens with one attached hydrogen (secondary N) is 2. The van der Waals surface area contributed by atoms with Crippen LogP contribution < -0.4 is 10.6 Å². The maximum Gasteiger partial charge on any atom is 0.407 e. The van der Waals surface area contributed by atoms with Gasteiger partial charge in [0.1, 0.15) is 5.60 Å². The van der Waals surface area contributed by atoms with Crippen LogP contribution in [-0.4, -0.2) is 35.9 Å². The first-order chi connectivity index (χ1) is 10.2. The van der Waals surface area contributed by atoms with Crippen LogP contribution in [0.2, 0.25) is 0 Å². The molecule has 22 heavy (non-hydrogen) atoms. The van der Waals surface area contributed by atoms with E-state index in [1.807, 2.05) is 27.7 Å². The van der Waals surface area contributed by atoms with Crippen molar-refractivity contribution in [1.29, 1.82) is 0 Å². The summed E-state index contributed by atoms with van der Waals surface area (Å²) in [5.74, 6) is -0.934. The molecule has 6 nitrogen and oxygen atoms in total. The predicted molar refractivity (Wildman–Crippen MR) is 85.5 cm³/mol. The minimum atomic E-state index is -0.934. The number of amides is 1. The monoisotopic (exact) mass is 308 g/mol. The van der Waals surface area contributed by atoms with Crippen LogP contribution in [0.3, 0.4) is 0 Å². The fourth-order valence-electron chi connectivity index (χ4n) is 1.81. The molecule has 0 atom stereocenters. The van der Waals surface area contributed by atoms with Gasteiger partial charge in [0, 0.05) is 18.8 Å². The maximum atomic E-state index is 11.4. The van der Waals surface area contributed by atoms with Crippen LogP contribution in [0.4, 0.5) is 10.5 Å².